The van der Waals surface area contributed by atoms with Crippen molar-refractivity contribution in [2.75, 3.05) is 0 Å². The van der Waals surface area contributed by atoms with Gasteiger partial charge in [0, 0.05) is 17.7 Å². The fourth-order valence-electron chi connectivity index (χ4n) is 1.69. The molecule has 0 fully saturated rings. The smallest absolute Gasteiger partial charge is 0.306 e. The molecule has 0 spiro atoms. The molecule has 1 unspecified atom stereocenters. The second-order valence-electron chi connectivity index (χ2n) is 4.20. The zero-order chi connectivity index (χ0) is 13.1. The Kier molecular flexibility index (Phi) is 3.41. The van der Waals surface area contributed by atoms with Crippen molar-refractivity contribution in [1.82, 2.24) is 10.2 Å². The third-order valence-corrected chi connectivity index (χ3v) is 2.73. The summed E-state index contributed by atoms with van der Waals surface area (Å²) in [5, 5.41) is 15.6. The first-order chi connectivity index (χ1) is 8.58. The van der Waals surface area contributed by atoms with Crippen molar-refractivity contribution in [2.45, 2.75) is 13.3 Å². The number of carboxylic acid groups (broad SMARTS) is 1. The van der Waals surface area contributed by atoms with E-state index in [1.54, 1.807) is 31.2 Å². The lowest BCUT2D eigenvalue weighted by Gasteiger charge is -2.02. The molecule has 0 amide bonds. The predicted molar refractivity (Wildman–Crippen MR) is 64.5 cm³/mol. The van der Waals surface area contributed by atoms with E-state index < -0.39 is 11.9 Å². The Bertz CT molecular complexity index is 566. The van der Waals surface area contributed by atoms with Gasteiger partial charge in [-0.25, -0.2) is 4.39 Å². The molecule has 0 bridgehead atoms. The molecule has 1 heterocycles. The van der Waals surface area contributed by atoms with Gasteiger partial charge in [-0.2, -0.15) is 5.10 Å². The van der Waals surface area contributed by atoms with Crippen molar-refractivity contribution in [3.63, 3.8) is 0 Å². The van der Waals surface area contributed by atoms with Gasteiger partial charge in [-0.15, -0.1) is 0 Å². The number of nitrogens with one attached hydrogen (secondary N) is 1. The molecule has 0 saturated heterocycles. The Morgan fingerprint density at radius 2 is 2.22 bits per heavy atom. The third kappa shape index (κ3) is 2.56. The molecule has 0 aliphatic carbocycles. The minimum Gasteiger partial charge on any atom is -0.481 e. The summed E-state index contributed by atoms with van der Waals surface area (Å²) in [5.41, 5.74) is 1.58. The van der Waals surface area contributed by atoms with Crippen LogP contribution < -0.4 is 0 Å². The molecule has 5 heteroatoms. The summed E-state index contributed by atoms with van der Waals surface area (Å²) in [4.78, 5) is 10.7. The van der Waals surface area contributed by atoms with Crippen LogP contribution in [0.25, 0.3) is 11.3 Å². The van der Waals surface area contributed by atoms with Gasteiger partial charge in [-0.05, 0) is 18.2 Å². The quantitative estimate of drug-likeness (QED) is 0.873. The van der Waals surface area contributed by atoms with Crippen LogP contribution in [-0.2, 0) is 11.2 Å². The van der Waals surface area contributed by atoms with Gasteiger partial charge in [0.05, 0.1) is 11.6 Å². The molecule has 2 aromatic rings. The molecule has 1 atom stereocenters. The van der Waals surface area contributed by atoms with Crippen LogP contribution in [0.4, 0.5) is 4.39 Å². The number of aromatic nitrogens is 2. The molecule has 1 aromatic carbocycles. The van der Waals surface area contributed by atoms with Gasteiger partial charge in [-0.3, -0.25) is 9.89 Å². The molecule has 2 N–H and O–H groups in total. The largest absolute Gasteiger partial charge is 0.481 e. The monoisotopic (exact) mass is 248 g/mol. The number of hydrogen-bond donors (Lipinski definition) is 2. The molecule has 1 aromatic heterocycles. The normalized spacial score (nSPS) is 12.3. The van der Waals surface area contributed by atoms with Crippen molar-refractivity contribution in [2.24, 2.45) is 5.92 Å². The highest BCUT2D eigenvalue weighted by Gasteiger charge is 2.14. The summed E-state index contributed by atoms with van der Waals surface area (Å²) in [7, 11) is 0. The van der Waals surface area contributed by atoms with Crippen LogP contribution >= 0.6 is 0 Å². The molecule has 4 nitrogen and oxygen atoms in total. The average molecular weight is 248 g/mol. The van der Waals surface area contributed by atoms with Crippen LogP contribution in [0.3, 0.4) is 0 Å². The molecule has 0 aliphatic heterocycles. The Hall–Kier alpha value is -2.17. The number of H-pyrrole nitrogens is 1. The zero-order valence-electron chi connectivity index (χ0n) is 9.85. The van der Waals surface area contributed by atoms with E-state index in [1.807, 2.05) is 0 Å². The van der Waals surface area contributed by atoms with Crippen LogP contribution in [0.5, 0.6) is 0 Å². The summed E-state index contributed by atoms with van der Waals surface area (Å²) in [6.07, 6.45) is 0.344. The van der Waals surface area contributed by atoms with Crippen LogP contribution in [0.2, 0.25) is 0 Å². The van der Waals surface area contributed by atoms with Gasteiger partial charge in [0.15, 0.2) is 0 Å². The minimum absolute atomic E-state index is 0.344. The summed E-state index contributed by atoms with van der Waals surface area (Å²) in [6.45, 7) is 1.62. The Balaban J connectivity index is 2.21. The van der Waals surface area contributed by atoms with Crippen molar-refractivity contribution >= 4 is 5.97 Å². The number of benzene rings is 1. The molecule has 0 aliphatic rings. The summed E-state index contributed by atoms with van der Waals surface area (Å²) < 4.78 is 13.5. The van der Waals surface area contributed by atoms with Gasteiger partial charge >= 0.3 is 5.97 Å². The molecular weight excluding hydrogens is 235 g/mol. The Labute approximate surface area is 103 Å². The molecule has 0 saturated carbocycles. The van der Waals surface area contributed by atoms with Gasteiger partial charge in [0.2, 0.25) is 0 Å². The topological polar surface area (TPSA) is 66.0 Å². The van der Waals surface area contributed by atoms with Crippen LogP contribution in [-0.4, -0.2) is 21.3 Å². The minimum atomic E-state index is -0.864. The molecular formula is C13H13FN2O2. The Morgan fingerprint density at radius 3 is 2.89 bits per heavy atom. The van der Waals surface area contributed by atoms with Crippen molar-refractivity contribution in [1.29, 1.82) is 0 Å². The number of rotatable bonds is 4. The number of hydrogen-bond acceptors (Lipinski definition) is 2. The van der Waals surface area contributed by atoms with E-state index in [1.165, 1.54) is 6.07 Å². The van der Waals surface area contributed by atoms with Crippen LogP contribution in [0.15, 0.2) is 30.3 Å². The maximum absolute atomic E-state index is 13.5. The molecule has 94 valence electrons. The highest BCUT2D eigenvalue weighted by Crippen LogP contribution is 2.21. The predicted octanol–water partition coefficient (Wildman–Crippen LogP) is 2.48. The van der Waals surface area contributed by atoms with E-state index in [4.69, 9.17) is 5.11 Å². The van der Waals surface area contributed by atoms with E-state index in [0.29, 0.717) is 23.4 Å². The third-order valence-electron chi connectivity index (χ3n) is 2.73. The SMILES string of the molecule is CC(Cc1cc(-c2ccccc2F)n[nH]1)C(=O)O. The van der Waals surface area contributed by atoms with E-state index in [-0.39, 0.29) is 5.82 Å². The van der Waals surface area contributed by atoms with E-state index >= 15 is 0 Å². The highest BCUT2D eigenvalue weighted by molar-refractivity contribution is 5.70. The maximum Gasteiger partial charge on any atom is 0.306 e. The highest BCUT2D eigenvalue weighted by atomic mass is 19.1. The standard InChI is InChI=1S/C13H13FN2O2/c1-8(13(17)18)6-9-7-12(16-15-9)10-4-2-3-5-11(10)14/h2-5,7-8H,6H2,1H3,(H,15,16)(H,17,18). The molecule has 18 heavy (non-hydrogen) atoms. The van der Waals surface area contributed by atoms with E-state index in [9.17, 15) is 9.18 Å². The number of aromatic amines is 1. The average Bonchev–Trinajstić information content (AvgIpc) is 2.77. The number of nitrogens with zero attached hydrogens (tertiary/aromatic N) is 1. The van der Waals surface area contributed by atoms with Crippen molar-refractivity contribution in [3.8, 4) is 11.3 Å². The molecule has 0 radical (unpaired) electrons. The van der Waals surface area contributed by atoms with E-state index in [0.717, 1.165) is 0 Å². The van der Waals surface area contributed by atoms with Gasteiger partial charge in [0.1, 0.15) is 5.82 Å². The second-order valence-corrected chi connectivity index (χ2v) is 4.20. The fraction of sp³-hybridized carbons (Fsp3) is 0.231. The zero-order valence-corrected chi connectivity index (χ0v) is 9.85. The van der Waals surface area contributed by atoms with Gasteiger partial charge in [-0.1, -0.05) is 19.1 Å². The number of halogens is 1. The summed E-state index contributed by atoms with van der Waals surface area (Å²) >= 11 is 0. The first-order valence-corrected chi connectivity index (χ1v) is 5.60. The Morgan fingerprint density at radius 1 is 1.50 bits per heavy atom. The van der Waals surface area contributed by atoms with Crippen LogP contribution in [0, 0.1) is 11.7 Å². The number of carbonyl (C=O) groups is 1. The van der Waals surface area contributed by atoms with Crippen molar-refractivity contribution in [3.05, 3.63) is 41.8 Å². The van der Waals surface area contributed by atoms with Gasteiger partial charge in [0.25, 0.3) is 0 Å². The first kappa shape index (κ1) is 12.3. The van der Waals surface area contributed by atoms with E-state index in [2.05, 4.69) is 10.2 Å². The lowest BCUT2D eigenvalue weighted by molar-refractivity contribution is -0.141. The summed E-state index contributed by atoms with van der Waals surface area (Å²) in [5.74, 6) is -1.71. The van der Waals surface area contributed by atoms with Gasteiger partial charge < -0.3 is 5.11 Å². The summed E-state index contributed by atoms with van der Waals surface area (Å²) in [6, 6.07) is 8.02. The fourth-order valence-corrected chi connectivity index (χ4v) is 1.69. The van der Waals surface area contributed by atoms with Crippen LogP contribution in [0.1, 0.15) is 12.6 Å². The second kappa shape index (κ2) is 5.00. The number of aliphatic carboxylic acids is 1. The molecule has 2 rings (SSSR count). The van der Waals surface area contributed by atoms with Crippen molar-refractivity contribution < 1.29 is 14.3 Å². The first-order valence-electron chi connectivity index (χ1n) is 5.60. The lowest BCUT2D eigenvalue weighted by Crippen LogP contribution is -2.12. The maximum atomic E-state index is 13.5. The number of carboxylic acids is 1. The lowest BCUT2D eigenvalue weighted by atomic mass is 10.1.